The standard InChI is InChI=1S/C13H24N2O2/c1-2-17-13(16)4-3-9-15-10-6-12(5-8-14)7-11-15/h3-4,12H,2,5-11,14H2,1H3/b4-3+. The summed E-state index contributed by atoms with van der Waals surface area (Å²) in [5.74, 6) is 0.552. The third kappa shape index (κ3) is 5.84. The first-order chi connectivity index (χ1) is 8.26. The van der Waals surface area contributed by atoms with Crippen LogP contribution in [-0.2, 0) is 9.53 Å². The van der Waals surface area contributed by atoms with Gasteiger partial charge in [-0.3, -0.25) is 4.90 Å². The number of hydrogen-bond donors (Lipinski definition) is 1. The Labute approximate surface area is 104 Å². The van der Waals surface area contributed by atoms with Crippen molar-refractivity contribution in [3.05, 3.63) is 12.2 Å². The summed E-state index contributed by atoms with van der Waals surface area (Å²) in [5, 5.41) is 0. The van der Waals surface area contributed by atoms with Gasteiger partial charge in [-0.1, -0.05) is 6.08 Å². The number of nitrogens with zero attached hydrogens (tertiary/aromatic N) is 1. The van der Waals surface area contributed by atoms with Crippen molar-refractivity contribution in [1.82, 2.24) is 4.90 Å². The molecule has 0 unspecified atom stereocenters. The maximum absolute atomic E-state index is 11.1. The summed E-state index contributed by atoms with van der Waals surface area (Å²) in [7, 11) is 0. The third-order valence-corrected chi connectivity index (χ3v) is 3.19. The van der Waals surface area contributed by atoms with E-state index in [1.54, 1.807) is 0 Å². The highest BCUT2D eigenvalue weighted by Crippen LogP contribution is 2.19. The molecule has 0 aromatic carbocycles. The van der Waals surface area contributed by atoms with Gasteiger partial charge in [0.05, 0.1) is 6.61 Å². The lowest BCUT2D eigenvalue weighted by molar-refractivity contribution is -0.137. The predicted molar refractivity (Wildman–Crippen MR) is 68.6 cm³/mol. The van der Waals surface area contributed by atoms with Crippen molar-refractivity contribution in [3.8, 4) is 0 Å². The van der Waals surface area contributed by atoms with Crippen molar-refractivity contribution in [2.75, 3.05) is 32.8 Å². The molecule has 1 aliphatic heterocycles. The van der Waals surface area contributed by atoms with Crippen molar-refractivity contribution < 1.29 is 9.53 Å². The van der Waals surface area contributed by atoms with Crippen LogP contribution in [0.15, 0.2) is 12.2 Å². The fourth-order valence-corrected chi connectivity index (χ4v) is 2.18. The van der Waals surface area contributed by atoms with Crippen LogP contribution in [0.25, 0.3) is 0 Å². The van der Waals surface area contributed by atoms with E-state index in [-0.39, 0.29) is 5.97 Å². The van der Waals surface area contributed by atoms with Crippen LogP contribution in [0.1, 0.15) is 26.2 Å². The van der Waals surface area contributed by atoms with Crippen LogP contribution < -0.4 is 5.73 Å². The summed E-state index contributed by atoms with van der Waals surface area (Å²) in [6, 6.07) is 0. The van der Waals surface area contributed by atoms with Gasteiger partial charge >= 0.3 is 5.97 Å². The Morgan fingerprint density at radius 3 is 2.76 bits per heavy atom. The molecule has 0 aromatic heterocycles. The van der Waals surface area contributed by atoms with E-state index in [4.69, 9.17) is 10.5 Å². The van der Waals surface area contributed by atoms with E-state index in [2.05, 4.69) is 4.90 Å². The highest BCUT2D eigenvalue weighted by Gasteiger charge is 2.17. The predicted octanol–water partition coefficient (Wildman–Crippen LogP) is 1.17. The molecule has 0 aliphatic carbocycles. The summed E-state index contributed by atoms with van der Waals surface area (Å²) in [4.78, 5) is 13.4. The maximum Gasteiger partial charge on any atom is 0.330 e. The molecule has 1 heterocycles. The van der Waals surface area contributed by atoms with Crippen molar-refractivity contribution in [2.45, 2.75) is 26.2 Å². The van der Waals surface area contributed by atoms with E-state index in [9.17, 15) is 4.79 Å². The van der Waals surface area contributed by atoms with E-state index in [1.165, 1.54) is 18.9 Å². The molecule has 1 aliphatic rings. The SMILES string of the molecule is CCOC(=O)/C=C/CN1CCC(CCN)CC1. The number of nitrogens with two attached hydrogens (primary N) is 1. The van der Waals surface area contributed by atoms with E-state index in [1.807, 2.05) is 13.0 Å². The molecule has 1 rings (SSSR count). The van der Waals surface area contributed by atoms with Gasteiger partial charge in [-0.25, -0.2) is 4.79 Å². The molecule has 2 N–H and O–H groups in total. The molecule has 0 atom stereocenters. The van der Waals surface area contributed by atoms with Gasteiger partial charge < -0.3 is 10.5 Å². The zero-order chi connectivity index (χ0) is 12.5. The molecular formula is C13H24N2O2. The quantitative estimate of drug-likeness (QED) is 0.559. The van der Waals surface area contributed by atoms with Crippen molar-refractivity contribution in [3.63, 3.8) is 0 Å². The molecule has 4 nitrogen and oxygen atoms in total. The van der Waals surface area contributed by atoms with Gasteiger partial charge in [-0.05, 0) is 51.7 Å². The highest BCUT2D eigenvalue weighted by atomic mass is 16.5. The molecule has 0 amide bonds. The molecular weight excluding hydrogens is 216 g/mol. The van der Waals surface area contributed by atoms with Gasteiger partial charge in [0.1, 0.15) is 0 Å². The lowest BCUT2D eigenvalue weighted by atomic mass is 9.94. The van der Waals surface area contributed by atoms with Crippen molar-refractivity contribution >= 4 is 5.97 Å². The lowest BCUT2D eigenvalue weighted by Crippen LogP contribution is -2.34. The van der Waals surface area contributed by atoms with Gasteiger partial charge in [0.15, 0.2) is 0 Å². The van der Waals surface area contributed by atoms with Crippen molar-refractivity contribution in [1.29, 1.82) is 0 Å². The zero-order valence-electron chi connectivity index (χ0n) is 10.7. The fraction of sp³-hybridized carbons (Fsp3) is 0.769. The van der Waals surface area contributed by atoms with Gasteiger partial charge in [0.2, 0.25) is 0 Å². The molecule has 1 fully saturated rings. The Morgan fingerprint density at radius 2 is 2.18 bits per heavy atom. The normalized spacial score (nSPS) is 18.7. The van der Waals surface area contributed by atoms with Gasteiger partial charge in [0, 0.05) is 12.6 Å². The first-order valence-corrected chi connectivity index (χ1v) is 6.52. The van der Waals surface area contributed by atoms with Crippen LogP contribution >= 0.6 is 0 Å². The van der Waals surface area contributed by atoms with Crippen LogP contribution in [0.5, 0.6) is 0 Å². The lowest BCUT2D eigenvalue weighted by Gasteiger charge is -2.30. The zero-order valence-corrected chi connectivity index (χ0v) is 10.7. The monoisotopic (exact) mass is 240 g/mol. The fourth-order valence-electron chi connectivity index (χ4n) is 2.18. The maximum atomic E-state index is 11.1. The average Bonchev–Trinajstić information content (AvgIpc) is 2.32. The summed E-state index contributed by atoms with van der Waals surface area (Å²) in [6.07, 6.45) is 7.01. The Balaban J connectivity index is 2.15. The topological polar surface area (TPSA) is 55.6 Å². The number of rotatable bonds is 6. The van der Waals surface area contributed by atoms with Gasteiger partial charge in [-0.15, -0.1) is 0 Å². The highest BCUT2D eigenvalue weighted by molar-refractivity contribution is 5.81. The molecule has 0 bridgehead atoms. The molecule has 0 aromatic rings. The molecule has 1 saturated heterocycles. The summed E-state index contributed by atoms with van der Waals surface area (Å²) in [6.45, 7) is 6.11. The number of likely N-dealkylation sites (tertiary alicyclic amines) is 1. The van der Waals surface area contributed by atoms with Crippen LogP contribution in [0.2, 0.25) is 0 Å². The van der Waals surface area contributed by atoms with Crippen LogP contribution in [-0.4, -0.2) is 43.7 Å². The second-order valence-electron chi connectivity index (χ2n) is 4.48. The van der Waals surface area contributed by atoms with E-state index < -0.39 is 0 Å². The summed E-state index contributed by atoms with van der Waals surface area (Å²) >= 11 is 0. The number of piperidine rings is 1. The molecule has 0 spiro atoms. The smallest absolute Gasteiger partial charge is 0.330 e. The third-order valence-electron chi connectivity index (χ3n) is 3.19. The number of ether oxygens (including phenoxy) is 1. The number of esters is 1. The number of carbonyl (C=O) groups excluding carboxylic acids is 1. The minimum Gasteiger partial charge on any atom is -0.463 e. The summed E-state index contributed by atoms with van der Waals surface area (Å²) < 4.78 is 4.82. The van der Waals surface area contributed by atoms with Crippen LogP contribution in [0, 0.1) is 5.92 Å². The molecule has 17 heavy (non-hydrogen) atoms. The van der Waals surface area contributed by atoms with Crippen LogP contribution in [0.4, 0.5) is 0 Å². The number of hydrogen-bond acceptors (Lipinski definition) is 4. The first-order valence-electron chi connectivity index (χ1n) is 6.52. The van der Waals surface area contributed by atoms with Gasteiger partial charge in [0.25, 0.3) is 0 Å². The van der Waals surface area contributed by atoms with E-state index in [0.717, 1.165) is 38.5 Å². The minimum atomic E-state index is -0.245. The Hall–Kier alpha value is -0.870. The second-order valence-corrected chi connectivity index (χ2v) is 4.48. The second kappa shape index (κ2) is 8.25. The largest absolute Gasteiger partial charge is 0.463 e. The average molecular weight is 240 g/mol. The van der Waals surface area contributed by atoms with E-state index in [0.29, 0.717) is 6.61 Å². The summed E-state index contributed by atoms with van der Waals surface area (Å²) in [5.41, 5.74) is 5.56. The minimum absolute atomic E-state index is 0.245. The van der Waals surface area contributed by atoms with Crippen LogP contribution in [0.3, 0.4) is 0 Å². The molecule has 0 saturated carbocycles. The van der Waals surface area contributed by atoms with E-state index >= 15 is 0 Å². The molecule has 4 heteroatoms. The van der Waals surface area contributed by atoms with Gasteiger partial charge in [-0.2, -0.15) is 0 Å². The van der Waals surface area contributed by atoms with Crippen molar-refractivity contribution in [2.24, 2.45) is 11.7 Å². The number of carbonyl (C=O) groups is 1. The molecule has 98 valence electrons. The Morgan fingerprint density at radius 1 is 1.47 bits per heavy atom. The first kappa shape index (κ1) is 14.2. The Kier molecular flexibility index (Phi) is 6.89. The Bertz CT molecular complexity index is 246. The molecule has 0 radical (unpaired) electrons.